The average Bonchev–Trinajstić information content (AvgIpc) is 2.21. The van der Waals surface area contributed by atoms with Gasteiger partial charge in [0.1, 0.15) is 0 Å². The largest absolute Gasteiger partial charge is 0.383 e. The van der Waals surface area contributed by atoms with Gasteiger partial charge in [-0.15, -0.1) is 0 Å². The number of methoxy groups -OCH3 is 1. The Hall–Kier alpha value is -0.120. The van der Waals surface area contributed by atoms with E-state index in [0.29, 0.717) is 6.04 Å². The van der Waals surface area contributed by atoms with Gasteiger partial charge in [-0.2, -0.15) is 0 Å². The summed E-state index contributed by atoms with van der Waals surface area (Å²) in [5, 5.41) is 3.38. The van der Waals surface area contributed by atoms with Crippen LogP contribution in [0.1, 0.15) is 27.2 Å². The van der Waals surface area contributed by atoms with E-state index in [1.165, 1.54) is 6.42 Å². The zero-order valence-corrected chi connectivity index (χ0v) is 10.2. The summed E-state index contributed by atoms with van der Waals surface area (Å²) in [7, 11) is 1.78. The zero-order chi connectivity index (χ0) is 10.8. The van der Waals surface area contributed by atoms with Crippen molar-refractivity contribution in [3.8, 4) is 0 Å². The summed E-state index contributed by atoms with van der Waals surface area (Å²) in [4.78, 5) is 2.48. The Kier molecular flexibility index (Phi) is 9.35. The summed E-state index contributed by atoms with van der Waals surface area (Å²) in [6.45, 7) is 11.7. The summed E-state index contributed by atoms with van der Waals surface area (Å²) in [5.41, 5.74) is 0. The van der Waals surface area contributed by atoms with Crippen LogP contribution < -0.4 is 5.32 Å². The lowest BCUT2D eigenvalue weighted by Crippen LogP contribution is -2.45. The number of likely N-dealkylation sites (N-methyl/N-ethyl adjacent to an activating group) is 2. The second-order valence-corrected chi connectivity index (χ2v) is 3.55. The molecule has 0 fully saturated rings. The van der Waals surface area contributed by atoms with Gasteiger partial charge < -0.3 is 10.1 Å². The smallest absolute Gasteiger partial charge is 0.0630 e. The molecule has 0 aromatic heterocycles. The van der Waals surface area contributed by atoms with Crippen molar-refractivity contribution in [2.24, 2.45) is 0 Å². The fourth-order valence-corrected chi connectivity index (χ4v) is 1.68. The highest BCUT2D eigenvalue weighted by Crippen LogP contribution is 2.00. The SMILES string of the molecule is CCCN(CC)C(CNCC)COC. The van der Waals surface area contributed by atoms with Crippen molar-refractivity contribution < 1.29 is 4.74 Å². The molecule has 0 spiro atoms. The van der Waals surface area contributed by atoms with Gasteiger partial charge in [0, 0.05) is 19.7 Å². The third-order valence-electron chi connectivity index (χ3n) is 2.42. The Morgan fingerprint density at radius 2 is 2.00 bits per heavy atom. The molecule has 1 N–H and O–H groups in total. The first-order chi connectivity index (χ1) is 6.79. The van der Waals surface area contributed by atoms with Crippen molar-refractivity contribution in [2.75, 3.05) is 39.9 Å². The molecule has 0 heterocycles. The van der Waals surface area contributed by atoms with Gasteiger partial charge in [0.15, 0.2) is 0 Å². The van der Waals surface area contributed by atoms with Gasteiger partial charge in [-0.3, -0.25) is 4.90 Å². The number of hydrogen-bond acceptors (Lipinski definition) is 3. The maximum absolute atomic E-state index is 5.25. The van der Waals surface area contributed by atoms with Crippen molar-refractivity contribution in [1.29, 1.82) is 0 Å². The van der Waals surface area contributed by atoms with Crippen LogP contribution in [0.4, 0.5) is 0 Å². The molecule has 1 unspecified atom stereocenters. The summed E-state index contributed by atoms with van der Waals surface area (Å²) >= 11 is 0. The molecule has 0 aromatic rings. The minimum atomic E-state index is 0.518. The van der Waals surface area contributed by atoms with Crippen LogP contribution >= 0.6 is 0 Å². The second-order valence-electron chi connectivity index (χ2n) is 3.55. The van der Waals surface area contributed by atoms with E-state index in [1.54, 1.807) is 7.11 Å². The van der Waals surface area contributed by atoms with Gasteiger partial charge in [0.05, 0.1) is 6.61 Å². The van der Waals surface area contributed by atoms with Crippen LogP contribution in [0.15, 0.2) is 0 Å². The highest BCUT2D eigenvalue weighted by Gasteiger charge is 2.14. The van der Waals surface area contributed by atoms with Crippen LogP contribution in [-0.2, 0) is 4.74 Å². The average molecular weight is 202 g/mol. The fourth-order valence-electron chi connectivity index (χ4n) is 1.68. The monoisotopic (exact) mass is 202 g/mol. The highest BCUT2D eigenvalue weighted by atomic mass is 16.5. The molecule has 0 amide bonds. The molecule has 0 bridgehead atoms. The number of nitrogens with one attached hydrogen (secondary N) is 1. The lowest BCUT2D eigenvalue weighted by atomic mass is 10.2. The molecule has 0 aliphatic heterocycles. The standard InChI is InChI=1S/C11H26N2O/c1-5-8-13(7-3)11(10-14-4)9-12-6-2/h11-12H,5-10H2,1-4H3. The molecule has 1 atom stereocenters. The van der Waals surface area contributed by atoms with Crippen LogP contribution in [0.25, 0.3) is 0 Å². The normalized spacial score (nSPS) is 13.5. The van der Waals surface area contributed by atoms with E-state index in [9.17, 15) is 0 Å². The molecule has 0 aliphatic carbocycles. The lowest BCUT2D eigenvalue weighted by Gasteiger charge is -2.30. The molecule has 0 rings (SSSR count). The molecule has 0 aromatic carbocycles. The topological polar surface area (TPSA) is 24.5 Å². The van der Waals surface area contributed by atoms with Gasteiger partial charge in [-0.1, -0.05) is 20.8 Å². The van der Waals surface area contributed by atoms with Crippen LogP contribution in [0, 0.1) is 0 Å². The summed E-state index contributed by atoms with van der Waals surface area (Å²) < 4.78 is 5.25. The van der Waals surface area contributed by atoms with Crippen LogP contribution in [0.3, 0.4) is 0 Å². The van der Waals surface area contributed by atoms with Crippen molar-refractivity contribution in [2.45, 2.75) is 33.2 Å². The van der Waals surface area contributed by atoms with Crippen molar-refractivity contribution >= 4 is 0 Å². The number of nitrogens with zero attached hydrogens (tertiary/aromatic N) is 1. The number of rotatable bonds is 9. The Bertz CT molecular complexity index is 120. The minimum Gasteiger partial charge on any atom is -0.383 e. The summed E-state index contributed by atoms with van der Waals surface area (Å²) in [6.07, 6.45) is 1.21. The predicted octanol–water partition coefficient (Wildman–Crippen LogP) is 1.34. The van der Waals surface area contributed by atoms with Crippen LogP contribution in [0.5, 0.6) is 0 Å². The van der Waals surface area contributed by atoms with Crippen molar-refractivity contribution in [3.05, 3.63) is 0 Å². The Balaban J connectivity index is 3.97. The maximum Gasteiger partial charge on any atom is 0.0630 e. The van der Waals surface area contributed by atoms with E-state index in [-0.39, 0.29) is 0 Å². The number of hydrogen-bond donors (Lipinski definition) is 1. The zero-order valence-electron chi connectivity index (χ0n) is 10.2. The van der Waals surface area contributed by atoms with E-state index in [2.05, 4.69) is 31.0 Å². The molecule has 0 saturated carbocycles. The lowest BCUT2D eigenvalue weighted by molar-refractivity contribution is 0.0927. The molecule has 0 radical (unpaired) electrons. The van der Waals surface area contributed by atoms with E-state index < -0.39 is 0 Å². The van der Waals surface area contributed by atoms with Crippen LogP contribution in [-0.4, -0.2) is 50.8 Å². The summed E-state index contributed by atoms with van der Waals surface area (Å²) in [5.74, 6) is 0. The first-order valence-electron chi connectivity index (χ1n) is 5.73. The Morgan fingerprint density at radius 1 is 1.29 bits per heavy atom. The first-order valence-corrected chi connectivity index (χ1v) is 5.73. The molecular formula is C11H26N2O. The molecule has 86 valence electrons. The molecule has 0 saturated heterocycles. The Morgan fingerprint density at radius 3 is 2.43 bits per heavy atom. The van der Waals surface area contributed by atoms with E-state index in [0.717, 1.165) is 32.8 Å². The minimum absolute atomic E-state index is 0.518. The van der Waals surface area contributed by atoms with Crippen LogP contribution in [0.2, 0.25) is 0 Å². The van der Waals surface area contributed by atoms with Gasteiger partial charge in [0.2, 0.25) is 0 Å². The third kappa shape index (κ3) is 5.58. The van der Waals surface area contributed by atoms with Gasteiger partial charge in [-0.05, 0) is 26.1 Å². The number of ether oxygens (including phenoxy) is 1. The quantitative estimate of drug-likeness (QED) is 0.611. The molecule has 3 heteroatoms. The maximum atomic E-state index is 5.25. The van der Waals surface area contributed by atoms with Gasteiger partial charge >= 0.3 is 0 Å². The Labute approximate surface area is 88.8 Å². The summed E-state index contributed by atoms with van der Waals surface area (Å²) in [6, 6.07) is 0.518. The molecule has 0 aliphatic rings. The first kappa shape index (κ1) is 13.9. The second kappa shape index (κ2) is 9.44. The van der Waals surface area contributed by atoms with E-state index in [1.807, 2.05) is 0 Å². The molecular weight excluding hydrogens is 176 g/mol. The van der Waals surface area contributed by atoms with E-state index in [4.69, 9.17) is 4.74 Å². The molecule has 3 nitrogen and oxygen atoms in total. The van der Waals surface area contributed by atoms with Gasteiger partial charge in [-0.25, -0.2) is 0 Å². The predicted molar refractivity (Wildman–Crippen MR) is 61.7 cm³/mol. The highest BCUT2D eigenvalue weighted by molar-refractivity contribution is 4.72. The van der Waals surface area contributed by atoms with E-state index >= 15 is 0 Å². The molecule has 14 heavy (non-hydrogen) atoms. The van der Waals surface area contributed by atoms with Crippen molar-refractivity contribution in [1.82, 2.24) is 10.2 Å². The van der Waals surface area contributed by atoms with Gasteiger partial charge in [0.25, 0.3) is 0 Å². The van der Waals surface area contributed by atoms with Crippen molar-refractivity contribution in [3.63, 3.8) is 0 Å². The third-order valence-corrected chi connectivity index (χ3v) is 2.42. The fraction of sp³-hybridized carbons (Fsp3) is 1.00.